The monoisotopic (exact) mass is 500 g/mol. The van der Waals surface area contributed by atoms with Crippen LogP contribution in [0.2, 0.25) is 0 Å². The van der Waals surface area contributed by atoms with Crippen LogP contribution in [0.5, 0.6) is 0 Å². The maximum Gasteiger partial charge on any atom is 0.147 e. The summed E-state index contributed by atoms with van der Waals surface area (Å²) in [5.74, 6) is 11.2. The molecule has 0 spiro atoms. The van der Waals surface area contributed by atoms with Gasteiger partial charge in [0.05, 0.1) is 13.2 Å². The summed E-state index contributed by atoms with van der Waals surface area (Å²) >= 11 is 0. The zero-order valence-corrected chi connectivity index (χ0v) is 19.0. The van der Waals surface area contributed by atoms with E-state index in [0.29, 0.717) is 11.1 Å². The van der Waals surface area contributed by atoms with Crippen LogP contribution < -0.4 is 0 Å². The van der Waals surface area contributed by atoms with Crippen LogP contribution in [0, 0.1) is 23.7 Å². The Morgan fingerprint density at radius 1 is 0.556 bits per heavy atom. The van der Waals surface area contributed by atoms with Gasteiger partial charge in [0.2, 0.25) is 0 Å². The van der Waals surface area contributed by atoms with Gasteiger partial charge in [0, 0.05) is 11.1 Å². The van der Waals surface area contributed by atoms with Crippen LogP contribution in [0.3, 0.4) is 0 Å². The Balaban J connectivity index is 1.50. The van der Waals surface area contributed by atoms with Gasteiger partial charge in [-0.3, -0.25) is 0 Å². The number of rotatable bonds is 2. The van der Waals surface area contributed by atoms with Crippen LogP contribution in [0.25, 0.3) is 10.8 Å². The van der Waals surface area contributed by atoms with Crippen molar-refractivity contribution in [2.24, 2.45) is 0 Å². The maximum atomic E-state index is 10.1. The molecule has 0 aromatic heterocycles. The predicted octanol–water partition coefficient (Wildman–Crippen LogP) is -2.77. The van der Waals surface area contributed by atoms with Crippen molar-refractivity contribution in [3.8, 4) is 23.7 Å². The molecule has 36 heavy (non-hydrogen) atoms. The van der Waals surface area contributed by atoms with Crippen molar-refractivity contribution in [1.29, 1.82) is 0 Å². The Labute approximate surface area is 207 Å². The zero-order chi connectivity index (χ0) is 26.0. The molecule has 10 atom stereocenters. The predicted molar refractivity (Wildman–Crippen MR) is 125 cm³/mol. The molecule has 2 fully saturated rings. The summed E-state index contributed by atoms with van der Waals surface area (Å²) in [5.41, 5.74) is 1.22. The van der Waals surface area contributed by atoms with Crippen LogP contribution in [-0.2, 0) is 9.47 Å². The number of benzene rings is 2. The second kappa shape index (κ2) is 11.2. The molecule has 2 saturated heterocycles. The van der Waals surface area contributed by atoms with Crippen molar-refractivity contribution in [1.82, 2.24) is 0 Å². The highest BCUT2D eigenvalue weighted by Gasteiger charge is 2.43. The number of fused-ring (bicyclic) bond motifs is 1. The van der Waals surface area contributed by atoms with Crippen LogP contribution in [0.4, 0.5) is 0 Å². The second-order valence-electron chi connectivity index (χ2n) is 8.81. The maximum absolute atomic E-state index is 10.1. The molecule has 10 nitrogen and oxygen atoms in total. The van der Waals surface area contributed by atoms with Gasteiger partial charge in [-0.25, -0.2) is 0 Å². The summed E-state index contributed by atoms with van der Waals surface area (Å²) in [6.07, 6.45) is -13.0. The lowest BCUT2D eigenvalue weighted by molar-refractivity contribution is -0.214. The summed E-state index contributed by atoms with van der Waals surface area (Å²) in [5, 5.41) is 80.1. The highest BCUT2D eigenvalue weighted by molar-refractivity contribution is 5.85. The molecule has 2 aliphatic rings. The van der Waals surface area contributed by atoms with Gasteiger partial charge in [0.15, 0.2) is 0 Å². The van der Waals surface area contributed by atoms with Gasteiger partial charge in [-0.15, -0.1) is 0 Å². The third-order valence-electron chi connectivity index (χ3n) is 6.34. The Morgan fingerprint density at radius 3 is 1.31 bits per heavy atom. The third-order valence-corrected chi connectivity index (χ3v) is 6.34. The van der Waals surface area contributed by atoms with Crippen molar-refractivity contribution in [2.45, 2.75) is 61.0 Å². The van der Waals surface area contributed by atoms with Gasteiger partial charge in [-0.05, 0) is 35.0 Å². The van der Waals surface area contributed by atoms with Crippen LogP contribution in [0.1, 0.15) is 11.1 Å². The molecule has 0 amide bonds. The van der Waals surface area contributed by atoms with E-state index in [4.69, 9.17) is 9.47 Å². The first-order valence-corrected chi connectivity index (χ1v) is 11.4. The Morgan fingerprint density at radius 2 is 0.944 bits per heavy atom. The van der Waals surface area contributed by atoms with E-state index in [1.807, 2.05) is 12.1 Å². The van der Waals surface area contributed by atoms with Gasteiger partial charge in [-0.2, -0.15) is 0 Å². The van der Waals surface area contributed by atoms with E-state index in [-0.39, 0.29) is 0 Å². The Kier molecular flexibility index (Phi) is 8.25. The van der Waals surface area contributed by atoms with Crippen molar-refractivity contribution in [2.75, 3.05) is 13.2 Å². The molecule has 0 aliphatic carbocycles. The molecule has 2 heterocycles. The number of aliphatic hydroxyl groups is 8. The molecular formula is C26H28O10. The van der Waals surface area contributed by atoms with E-state index >= 15 is 0 Å². The zero-order valence-electron chi connectivity index (χ0n) is 19.0. The number of ether oxygens (including phenoxy) is 2. The average molecular weight is 501 g/mol. The highest BCUT2D eigenvalue weighted by Crippen LogP contribution is 2.23. The molecule has 2 aromatic rings. The summed E-state index contributed by atoms with van der Waals surface area (Å²) in [6.45, 7) is -1.05. The number of aliphatic hydroxyl groups excluding tert-OH is 8. The first-order chi connectivity index (χ1) is 17.2. The minimum absolute atomic E-state index is 0.527. The Hall–Kier alpha value is -2.58. The largest absolute Gasteiger partial charge is 0.394 e. The third kappa shape index (κ3) is 5.39. The molecule has 8 N–H and O–H groups in total. The fourth-order valence-corrected chi connectivity index (χ4v) is 4.15. The van der Waals surface area contributed by atoms with Gasteiger partial charge in [0.25, 0.3) is 0 Å². The normalized spacial score (nSPS) is 36.4. The lowest BCUT2D eigenvalue weighted by Crippen LogP contribution is -2.58. The van der Waals surface area contributed by atoms with E-state index in [0.717, 1.165) is 10.8 Å². The van der Waals surface area contributed by atoms with Crippen molar-refractivity contribution >= 4 is 10.8 Å². The van der Waals surface area contributed by atoms with E-state index < -0.39 is 74.3 Å². The lowest BCUT2D eigenvalue weighted by Gasteiger charge is -2.37. The van der Waals surface area contributed by atoms with E-state index in [2.05, 4.69) is 23.7 Å². The standard InChI is InChI=1S/C26H28O10/c27-11-19-23(31)25(33)21(29)17(35-19)7-3-13-1-5-15-10-14(2-6-16(15)9-13)4-8-18-22(30)26(34)24(32)20(12-28)36-18/h1-2,5-6,9-10,17-34H,11-12H2/t17?,18?,19?,20?,21-,22?,23-,24-,25?,26?/m1/s1. The summed E-state index contributed by atoms with van der Waals surface area (Å²) < 4.78 is 10.8. The van der Waals surface area contributed by atoms with Crippen molar-refractivity contribution in [3.05, 3.63) is 47.5 Å². The van der Waals surface area contributed by atoms with Gasteiger partial charge in [-0.1, -0.05) is 35.8 Å². The molecule has 10 heteroatoms. The van der Waals surface area contributed by atoms with Crippen molar-refractivity contribution < 1.29 is 50.3 Å². The summed E-state index contributed by atoms with van der Waals surface area (Å²) in [7, 11) is 0. The van der Waals surface area contributed by atoms with E-state index in [1.54, 1.807) is 24.3 Å². The fraction of sp³-hybridized carbons (Fsp3) is 0.462. The van der Waals surface area contributed by atoms with E-state index in [9.17, 15) is 40.9 Å². The molecule has 0 radical (unpaired) electrons. The molecule has 7 unspecified atom stereocenters. The minimum Gasteiger partial charge on any atom is -0.394 e. The van der Waals surface area contributed by atoms with Crippen LogP contribution in [-0.4, -0.2) is 115 Å². The topological polar surface area (TPSA) is 180 Å². The molecule has 192 valence electrons. The first kappa shape index (κ1) is 26.5. The fourth-order valence-electron chi connectivity index (χ4n) is 4.15. The molecular weight excluding hydrogens is 472 g/mol. The molecule has 0 saturated carbocycles. The second-order valence-corrected chi connectivity index (χ2v) is 8.81. The Bertz CT molecular complexity index is 1100. The van der Waals surface area contributed by atoms with Gasteiger partial charge >= 0.3 is 0 Å². The van der Waals surface area contributed by atoms with Crippen LogP contribution in [0.15, 0.2) is 36.4 Å². The molecule has 2 aliphatic heterocycles. The lowest BCUT2D eigenvalue weighted by atomic mass is 9.95. The average Bonchev–Trinajstić information content (AvgIpc) is 2.89. The van der Waals surface area contributed by atoms with E-state index in [1.165, 1.54) is 0 Å². The quantitative estimate of drug-likeness (QED) is 0.201. The van der Waals surface area contributed by atoms with Crippen molar-refractivity contribution in [3.63, 3.8) is 0 Å². The minimum atomic E-state index is -1.49. The van der Waals surface area contributed by atoms with Gasteiger partial charge < -0.3 is 50.3 Å². The summed E-state index contributed by atoms with van der Waals surface area (Å²) in [4.78, 5) is 0. The molecule has 2 aromatic carbocycles. The molecule has 0 bridgehead atoms. The van der Waals surface area contributed by atoms with Gasteiger partial charge in [0.1, 0.15) is 61.0 Å². The highest BCUT2D eigenvalue weighted by atomic mass is 16.5. The first-order valence-electron chi connectivity index (χ1n) is 11.4. The smallest absolute Gasteiger partial charge is 0.147 e. The summed E-state index contributed by atoms with van der Waals surface area (Å²) in [6, 6.07) is 10.7. The molecule has 4 rings (SSSR count). The number of hydrogen-bond donors (Lipinski definition) is 8. The number of hydrogen-bond acceptors (Lipinski definition) is 10. The van der Waals surface area contributed by atoms with Crippen LogP contribution >= 0.6 is 0 Å². The SMILES string of the molecule is OCC1OC(C#Cc2ccc3cc(C#CC4OC(CO)[C@@H](O)C(O)[C@@H]4O)ccc3c2)C(O)C(O)[C@@H]1O.